The lowest BCUT2D eigenvalue weighted by Crippen LogP contribution is -2.16. The van der Waals surface area contributed by atoms with Crippen LogP contribution in [0.2, 0.25) is 0 Å². The van der Waals surface area contributed by atoms with Crippen molar-refractivity contribution in [1.82, 2.24) is 0 Å². The summed E-state index contributed by atoms with van der Waals surface area (Å²) in [5.41, 5.74) is -1.15. The molecule has 1 aromatic heterocycles. The van der Waals surface area contributed by atoms with Crippen molar-refractivity contribution in [2.24, 2.45) is 0 Å². The molecule has 2 aromatic rings. The molecule has 0 unspecified atom stereocenters. The third-order valence-electron chi connectivity index (χ3n) is 3.28. The predicted octanol–water partition coefficient (Wildman–Crippen LogP) is 2.03. The Kier molecular flexibility index (Phi) is 4.12. The number of methoxy groups -OCH3 is 1. The third kappa shape index (κ3) is 2.50. The minimum atomic E-state index is -0.878. The van der Waals surface area contributed by atoms with Crippen molar-refractivity contribution in [1.29, 1.82) is 0 Å². The van der Waals surface area contributed by atoms with Gasteiger partial charge in [-0.15, -0.1) is 0 Å². The number of para-hydroxylation sites is 1. The second-order valence-corrected chi connectivity index (χ2v) is 4.66. The number of allylic oxidation sites excluding steroid dienone is 1. The topological polar surface area (TPSA) is 93.8 Å². The van der Waals surface area contributed by atoms with E-state index in [1.165, 1.54) is 19.9 Å². The molecule has 0 saturated carbocycles. The van der Waals surface area contributed by atoms with Crippen LogP contribution in [0.5, 0.6) is 5.75 Å². The summed E-state index contributed by atoms with van der Waals surface area (Å²) in [5.74, 6) is -1.79. The van der Waals surface area contributed by atoms with E-state index in [0.717, 1.165) is 7.11 Å². The number of Topliss-reactive ketones (excluding diaryl/α,β-unsaturated/α-hetero) is 1. The van der Waals surface area contributed by atoms with Gasteiger partial charge in [0.05, 0.1) is 12.5 Å². The van der Waals surface area contributed by atoms with Gasteiger partial charge >= 0.3 is 11.6 Å². The van der Waals surface area contributed by atoms with Gasteiger partial charge in [0.25, 0.3) is 0 Å². The summed E-state index contributed by atoms with van der Waals surface area (Å²) in [6.07, 6.45) is 0. The quantitative estimate of drug-likeness (QED) is 0.306. The molecule has 0 atom stereocenters. The van der Waals surface area contributed by atoms with Gasteiger partial charge in [0, 0.05) is 0 Å². The Labute approximate surface area is 125 Å². The Morgan fingerprint density at radius 1 is 1.18 bits per heavy atom. The zero-order valence-corrected chi connectivity index (χ0v) is 12.3. The number of carbonyl (C=O) groups is 2. The molecule has 0 aliphatic heterocycles. The smallest absolute Gasteiger partial charge is 0.347 e. The van der Waals surface area contributed by atoms with Gasteiger partial charge in [-0.1, -0.05) is 12.1 Å². The molecule has 0 fully saturated rings. The van der Waals surface area contributed by atoms with E-state index in [1.54, 1.807) is 18.2 Å². The van der Waals surface area contributed by atoms with E-state index in [4.69, 9.17) is 4.42 Å². The van der Waals surface area contributed by atoms with Gasteiger partial charge in [-0.25, -0.2) is 9.59 Å². The number of carbonyl (C=O) groups excluding carboxylic acids is 2. The van der Waals surface area contributed by atoms with Crippen LogP contribution in [-0.2, 0) is 14.3 Å². The molecular weight excluding hydrogens is 288 g/mol. The largest absolute Gasteiger partial charge is 0.506 e. The standard InChI is InChI=1S/C16H14O6/c1-8(12(9(2)17)15(19)21-3)13-14(18)10-6-4-5-7-11(10)22-16(13)20/h4-7,18H,1-3H3/b12-8-. The summed E-state index contributed by atoms with van der Waals surface area (Å²) in [6.45, 7) is 2.56. The molecule has 0 spiro atoms. The molecule has 1 aromatic carbocycles. The molecule has 6 heteroatoms. The highest BCUT2D eigenvalue weighted by Crippen LogP contribution is 2.31. The maximum Gasteiger partial charge on any atom is 0.347 e. The van der Waals surface area contributed by atoms with E-state index in [1.807, 2.05) is 0 Å². The first-order valence-electron chi connectivity index (χ1n) is 6.43. The molecule has 0 saturated heterocycles. The number of rotatable bonds is 3. The Balaban J connectivity index is 2.86. The molecule has 0 aliphatic rings. The molecule has 0 bridgehead atoms. The molecule has 0 amide bonds. The van der Waals surface area contributed by atoms with Crippen LogP contribution in [0, 0.1) is 0 Å². The van der Waals surface area contributed by atoms with E-state index >= 15 is 0 Å². The van der Waals surface area contributed by atoms with Gasteiger partial charge in [-0.3, -0.25) is 4.79 Å². The highest BCUT2D eigenvalue weighted by Gasteiger charge is 2.24. The monoisotopic (exact) mass is 302 g/mol. The number of hydrogen-bond donors (Lipinski definition) is 1. The molecule has 1 heterocycles. The lowest BCUT2D eigenvalue weighted by Gasteiger charge is -2.10. The number of esters is 1. The summed E-state index contributed by atoms with van der Waals surface area (Å²) in [4.78, 5) is 35.5. The Morgan fingerprint density at radius 3 is 2.41 bits per heavy atom. The highest BCUT2D eigenvalue weighted by molar-refractivity contribution is 6.22. The van der Waals surface area contributed by atoms with Crippen molar-refractivity contribution in [3.8, 4) is 5.75 Å². The van der Waals surface area contributed by atoms with Crippen molar-refractivity contribution >= 4 is 28.3 Å². The molecule has 114 valence electrons. The van der Waals surface area contributed by atoms with E-state index in [9.17, 15) is 19.5 Å². The fraction of sp³-hybridized carbons (Fsp3) is 0.188. The summed E-state index contributed by atoms with van der Waals surface area (Å²) >= 11 is 0. The normalized spacial score (nSPS) is 12.0. The second kappa shape index (κ2) is 5.85. The fourth-order valence-electron chi connectivity index (χ4n) is 2.25. The molecule has 6 nitrogen and oxygen atoms in total. The van der Waals surface area contributed by atoms with Crippen molar-refractivity contribution in [2.45, 2.75) is 13.8 Å². The lowest BCUT2D eigenvalue weighted by atomic mass is 9.98. The van der Waals surface area contributed by atoms with Crippen LogP contribution in [0.1, 0.15) is 19.4 Å². The van der Waals surface area contributed by atoms with Crippen LogP contribution in [0.25, 0.3) is 16.5 Å². The molecular formula is C16H14O6. The summed E-state index contributed by atoms with van der Waals surface area (Å²) in [6, 6.07) is 6.42. The van der Waals surface area contributed by atoms with Gasteiger partial charge in [-0.05, 0) is 31.6 Å². The number of benzene rings is 1. The predicted molar refractivity (Wildman–Crippen MR) is 79.4 cm³/mol. The highest BCUT2D eigenvalue weighted by atomic mass is 16.5. The van der Waals surface area contributed by atoms with Crippen LogP contribution in [0.3, 0.4) is 0 Å². The third-order valence-corrected chi connectivity index (χ3v) is 3.28. The SMILES string of the molecule is COC(=O)/C(C(C)=O)=C(/C)c1c(O)c2ccccc2oc1=O. The molecule has 0 aliphatic carbocycles. The van der Waals surface area contributed by atoms with Crippen molar-refractivity contribution in [3.63, 3.8) is 0 Å². The number of ether oxygens (including phenoxy) is 1. The van der Waals surface area contributed by atoms with Crippen LogP contribution in [0.15, 0.2) is 39.1 Å². The lowest BCUT2D eigenvalue weighted by molar-refractivity contribution is -0.137. The minimum absolute atomic E-state index is 0.0105. The zero-order chi connectivity index (χ0) is 16.4. The maximum absolute atomic E-state index is 12.1. The minimum Gasteiger partial charge on any atom is -0.506 e. The van der Waals surface area contributed by atoms with Crippen LogP contribution in [0.4, 0.5) is 0 Å². The van der Waals surface area contributed by atoms with E-state index in [0.29, 0.717) is 5.39 Å². The molecule has 22 heavy (non-hydrogen) atoms. The van der Waals surface area contributed by atoms with Crippen molar-refractivity contribution < 1.29 is 23.8 Å². The molecule has 0 radical (unpaired) electrons. The Hall–Kier alpha value is -2.89. The molecule has 2 rings (SSSR count). The van der Waals surface area contributed by atoms with E-state index < -0.39 is 17.4 Å². The zero-order valence-electron chi connectivity index (χ0n) is 12.3. The molecule has 1 N–H and O–H groups in total. The van der Waals surface area contributed by atoms with Gasteiger partial charge in [0.1, 0.15) is 22.5 Å². The van der Waals surface area contributed by atoms with Crippen molar-refractivity contribution in [2.75, 3.05) is 7.11 Å². The van der Waals surface area contributed by atoms with Crippen LogP contribution >= 0.6 is 0 Å². The maximum atomic E-state index is 12.1. The van der Waals surface area contributed by atoms with Gasteiger partial charge in [0.2, 0.25) is 0 Å². The average Bonchev–Trinajstić information content (AvgIpc) is 2.46. The fourth-order valence-corrected chi connectivity index (χ4v) is 2.25. The van der Waals surface area contributed by atoms with Gasteiger partial charge < -0.3 is 14.3 Å². The van der Waals surface area contributed by atoms with Crippen LogP contribution in [-0.4, -0.2) is 24.0 Å². The first kappa shape index (κ1) is 15.5. The first-order valence-corrected chi connectivity index (χ1v) is 6.43. The Bertz CT molecular complexity index is 857. The van der Waals surface area contributed by atoms with Crippen LogP contribution < -0.4 is 5.63 Å². The second-order valence-electron chi connectivity index (χ2n) is 4.66. The van der Waals surface area contributed by atoms with Gasteiger partial charge in [-0.2, -0.15) is 0 Å². The first-order chi connectivity index (χ1) is 10.4. The summed E-state index contributed by atoms with van der Waals surface area (Å²) < 4.78 is 9.68. The number of fused-ring (bicyclic) bond motifs is 1. The number of hydrogen-bond acceptors (Lipinski definition) is 6. The number of aromatic hydroxyl groups is 1. The Morgan fingerprint density at radius 2 is 1.82 bits per heavy atom. The van der Waals surface area contributed by atoms with Gasteiger partial charge in [0.15, 0.2) is 5.78 Å². The van der Waals surface area contributed by atoms with Crippen molar-refractivity contribution in [3.05, 3.63) is 45.8 Å². The summed E-state index contributed by atoms with van der Waals surface area (Å²) in [7, 11) is 1.13. The summed E-state index contributed by atoms with van der Waals surface area (Å²) in [5, 5.41) is 10.6. The van der Waals surface area contributed by atoms with E-state index in [2.05, 4.69) is 4.74 Å². The number of ketones is 1. The van der Waals surface area contributed by atoms with E-state index in [-0.39, 0.29) is 28.0 Å². The average molecular weight is 302 g/mol.